The van der Waals surface area contributed by atoms with Crippen LogP contribution in [0.1, 0.15) is 5.69 Å². The molecule has 1 fully saturated rings. The number of hydrogen-bond donors (Lipinski definition) is 0. The lowest BCUT2D eigenvalue weighted by molar-refractivity contribution is 0.247. The Labute approximate surface area is 184 Å². The molecule has 5 rings (SSSR count). The van der Waals surface area contributed by atoms with Gasteiger partial charge < -0.3 is 9.64 Å². The molecule has 0 atom stereocenters. The number of benzene rings is 2. The third-order valence-corrected chi connectivity index (χ3v) is 6.48. The maximum Gasteiger partial charge on any atom is 0.149 e. The lowest BCUT2D eigenvalue weighted by Crippen LogP contribution is -2.46. The highest BCUT2D eigenvalue weighted by Crippen LogP contribution is 2.28. The number of nitrogens with zero attached hydrogens (tertiary/aromatic N) is 5. The molecule has 8 heteroatoms. The standard InChI is InChI=1S/C23H22FN5OS/c1-30-18-7-5-16(6-8-18)23-27-17(14-31-23)13-28-9-11-29(12-10-28)22-19-3-2-4-20(24)21(19)25-15-26-22/h2-8,14-15H,9-13H2,1H3. The lowest BCUT2D eigenvalue weighted by atomic mass is 10.2. The lowest BCUT2D eigenvalue weighted by Gasteiger charge is -2.35. The number of ether oxygens (including phenoxy) is 1. The largest absolute Gasteiger partial charge is 0.497 e. The molecule has 1 saturated heterocycles. The van der Waals surface area contributed by atoms with Crippen LogP contribution in [0.2, 0.25) is 0 Å². The maximum absolute atomic E-state index is 14.1. The van der Waals surface area contributed by atoms with E-state index in [0.717, 1.165) is 65.9 Å². The zero-order chi connectivity index (χ0) is 21.2. The van der Waals surface area contributed by atoms with Gasteiger partial charge in [0.25, 0.3) is 0 Å². The van der Waals surface area contributed by atoms with Crippen LogP contribution in [0.25, 0.3) is 21.5 Å². The fraction of sp³-hybridized carbons (Fsp3) is 0.261. The van der Waals surface area contributed by atoms with E-state index in [1.165, 1.54) is 12.4 Å². The van der Waals surface area contributed by atoms with Crippen LogP contribution in [0.4, 0.5) is 10.2 Å². The molecule has 0 amide bonds. The van der Waals surface area contributed by atoms with E-state index in [-0.39, 0.29) is 5.82 Å². The number of para-hydroxylation sites is 1. The molecule has 0 bridgehead atoms. The van der Waals surface area contributed by atoms with Gasteiger partial charge in [0.2, 0.25) is 0 Å². The smallest absolute Gasteiger partial charge is 0.149 e. The predicted octanol–water partition coefficient (Wildman–Crippen LogP) is 4.22. The second-order valence-corrected chi connectivity index (χ2v) is 8.33. The number of aromatic nitrogens is 3. The summed E-state index contributed by atoms with van der Waals surface area (Å²) in [6.07, 6.45) is 1.45. The quantitative estimate of drug-likeness (QED) is 0.468. The number of thiazole rings is 1. The van der Waals surface area contributed by atoms with Gasteiger partial charge in [-0.25, -0.2) is 19.3 Å². The third-order valence-electron chi connectivity index (χ3n) is 5.54. The Morgan fingerprint density at radius 1 is 1.03 bits per heavy atom. The summed E-state index contributed by atoms with van der Waals surface area (Å²) in [6.45, 7) is 4.28. The van der Waals surface area contributed by atoms with Crippen molar-refractivity contribution in [2.75, 3.05) is 38.2 Å². The minimum absolute atomic E-state index is 0.309. The van der Waals surface area contributed by atoms with Gasteiger partial charge in [0.1, 0.15) is 34.2 Å². The van der Waals surface area contributed by atoms with Gasteiger partial charge in [-0.15, -0.1) is 11.3 Å². The van der Waals surface area contributed by atoms with Crippen molar-refractivity contribution in [3.05, 3.63) is 65.7 Å². The molecule has 3 heterocycles. The zero-order valence-electron chi connectivity index (χ0n) is 17.2. The molecule has 6 nitrogen and oxygen atoms in total. The summed E-state index contributed by atoms with van der Waals surface area (Å²) >= 11 is 1.66. The van der Waals surface area contributed by atoms with Crippen molar-refractivity contribution >= 4 is 28.1 Å². The normalized spacial score (nSPS) is 14.8. The van der Waals surface area contributed by atoms with Crippen LogP contribution in [0, 0.1) is 5.82 Å². The first-order valence-electron chi connectivity index (χ1n) is 10.2. The van der Waals surface area contributed by atoms with Crippen molar-refractivity contribution in [3.8, 4) is 16.3 Å². The molecule has 158 valence electrons. The van der Waals surface area contributed by atoms with Crippen LogP contribution in [0.3, 0.4) is 0 Å². The molecule has 1 aliphatic rings. The van der Waals surface area contributed by atoms with Crippen molar-refractivity contribution in [2.24, 2.45) is 0 Å². The summed E-state index contributed by atoms with van der Waals surface area (Å²) in [5.74, 6) is 1.34. The molecule has 0 radical (unpaired) electrons. The Kier molecular flexibility index (Phi) is 5.48. The van der Waals surface area contributed by atoms with Gasteiger partial charge in [0, 0.05) is 49.1 Å². The average Bonchev–Trinajstić information content (AvgIpc) is 3.28. The number of methoxy groups -OCH3 is 1. The summed E-state index contributed by atoms with van der Waals surface area (Å²) in [7, 11) is 1.67. The molecular weight excluding hydrogens is 413 g/mol. The van der Waals surface area contributed by atoms with Gasteiger partial charge in [-0.05, 0) is 36.4 Å². The van der Waals surface area contributed by atoms with E-state index in [0.29, 0.717) is 5.52 Å². The maximum atomic E-state index is 14.1. The van der Waals surface area contributed by atoms with E-state index in [9.17, 15) is 4.39 Å². The second-order valence-electron chi connectivity index (χ2n) is 7.47. The molecule has 0 spiro atoms. The van der Waals surface area contributed by atoms with Crippen LogP contribution >= 0.6 is 11.3 Å². The fourth-order valence-electron chi connectivity index (χ4n) is 3.88. The second kappa shape index (κ2) is 8.56. The first kappa shape index (κ1) is 19.8. The summed E-state index contributed by atoms with van der Waals surface area (Å²) < 4.78 is 19.3. The molecule has 31 heavy (non-hydrogen) atoms. The first-order valence-corrected chi connectivity index (χ1v) is 11.0. The van der Waals surface area contributed by atoms with Crippen molar-refractivity contribution in [3.63, 3.8) is 0 Å². The molecular formula is C23H22FN5OS. The van der Waals surface area contributed by atoms with E-state index in [1.807, 2.05) is 30.3 Å². The SMILES string of the molecule is COc1ccc(-c2nc(CN3CCN(c4ncnc5c(F)cccc45)CC3)cs2)cc1. The summed E-state index contributed by atoms with van der Waals surface area (Å²) in [6, 6.07) is 13.0. The van der Waals surface area contributed by atoms with Gasteiger partial charge >= 0.3 is 0 Å². The Morgan fingerprint density at radius 3 is 2.61 bits per heavy atom. The van der Waals surface area contributed by atoms with Gasteiger partial charge in [0.05, 0.1) is 12.8 Å². The molecule has 0 N–H and O–H groups in total. The number of piperazine rings is 1. The summed E-state index contributed by atoms with van der Waals surface area (Å²) in [5, 5.41) is 3.91. The number of fused-ring (bicyclic) bond motifs is 1. The van der Waals surface area contributed by atoms with E-state index < -0.39 is 0 Å². The van der Waals surface area contributed by atoms with Crippen LogP contribution in [0.15, 0.2) is 54.2 Å². The molecule has 4 aromatic rings. The highest BCUT2D eigenvalue weighted by molar-refractivity contribution is 7.13. The van der Waals surface area contributed by atoms with E-state index in [2.05, 4.69) is 25.1 Å². The van der Waals surface area contributed by atoms with Crippen molar-refractivity contribution in [1.29, 1.82) is 0 Å². The molecule has 1 aliphatic heterocycles. The van der Waals surface area contributed by atoms with Crippen molar-refractivity contribution in [2.45, 2.75) is 6.54 Å². The Hall–Kier alpha value is -3.10. The molecule has 2 aromatic heterocycles. The van der Waals surface area contributed by atoms with Crippen molar-refractivity contribution in [1.82, 2.24) is 19.9 Å². The van der Waals surface area contributed by atoms with E-state index >= 15 is 0 Å². The fourth-order valence-corrected chi connectivity index (χ4v) is 4.70. The number of rotatable bonds is 5. The topological polar surface area (TPSA) is 54.4 Å². The van der Waals surface area contributed by atoms with Crippen molar-refractivity contribution < 1.29 is 9.13 Å². The van der Waals surface area contributed by atoms with Crippen LogP contribution < -0.4 is 9.64 Å². The van der Waals surface area contributed by atoms with Gasteiger partial charge in [-0.1, -0.05) is 6.07 Å². The Morgan fingerprint density at radius 2 is 1.84 bits per heavy atom. The summed E-state index contributed by atoms with van der Waals surface area (Å²) in [4.78, 5) is 18.0. The Bertz CT molecular complexity index is 1190. The summed E-state index contributed by atoms with van der Waals surface area (Å²) in [5.41, 5.74) is 2.56. The number of hydrogen-bond acceptors (Lipinski definition) is 7. The third kappa shape index (κ3) is 4.08. The minimum atomic E-state index is -0.309. The predicted molar refractivity (Wildman–Crippen MR) is 121 cm³/mol. The molecule has 0 unspecified atom stereocenters. The van der Waals surface area contributed by atoms with Crippen LogP contribution in [-0.4, -0.2) is 53.1 Å². The zero-order valence-corrected chi connectivity index (χ0v) is 18.0. The van der Waals surface area contributed by atoms with E-state index in [1.54, 1.807) is 24.5 Å². The average molecular weight is 436 g/mol. The van der Waals surface area contributed by atoms with E-state index in [4.69, 9.17) is 9.72 Å². The number of anilines is 1. The highest BCUT2D eigenvalue weighted by Gasteiger charge is 2.21. The van der Waals surface area contributed by atoms with Gasteiger partial charge in [-0.2, -0.15) is 0 Å². The molecule has 0 saturated carbocycles. The van der Waals surface area contributed by atoms with Crippen LogP contribution in [0.5, 0.6) is 5.75 Å². The molecule has 0 aliphatic carbocycles. The minimum Gasteiger partial charge on any atom is -0.497 e. The van der Waals surface area contributed by atoms with Gasteiger partial charge in [-0.3, -0.25) is 4.90 Å². The highest BCUT2D eigenvalue weighted by atomic mass is 32.1. The monoisotopic (exact) mass is 435 g/mol. The first-order chi connectivity index (χ1) is 15.2. The van der Waals surface area contributed by atoms with Gasteiger partial charge in [0.15, 0.2) is 0 Å². The molecule has 2 aromatic carbocycles. The van der Waals surface area contributed by atoms with Crippen LogP contribution in [-0.2, 0) is 6.54 Å². The number of halogens is 1. The Balaban J connectivity index is 1.24.